The van der Waals surface area contributed by atoms with Gasteiger partial charge in [-0.1, -0.05) is 0 Å². The minimum Gasteiger partial charge on any atom is -0.493 e. The molecule has 0 aliphatic carbocycles. The number of ether oxygens (including phenoxy) is 1. The zero-order chi connectivity index (χ0) is 18.0. The molecule has 1 aliphatic rings. The average molecular weight is 350 g/mol. The van der Waals surface area contributed by atoms with Crippen molar-refractivity contribution in [2.75, 3.05) is 16.8 Å². The molecule has 0 bridgehead atoms. The smallest absolute Gasteiger partial charge is 0.416 e. The molecular formula is C17H13F3N2O3. The molecule has 0 aromatic heterocycles. The number of hydrogen-bond acceptors (Lipinski definition) is 3. The van der Waals surface area contributed by atoms with Gasteiger partial charge in [-0.3, -0.25) is 4.79 Å². The number of nitrogens with zero attached hydrogens (tertiary/aromatic N) is 1. The third-order valence-corrected chi connectivity index (χ3v) is 3.74. The SMILES string of the molecule is O=CN(C(=O)Nc1ccc(C(F)(F)F)cc1)c1ccc2c(c1)CCO2. The van der Waals surface area contributed by atoms with Gasteiger partial charge in [-0.25, -0.2) is 9.69 Å². The zero-order valence-corrected chi connectivity index (χ0v) is 12.8. The highest BCUT2D eigenvalue weighted by atomic mass is 19.4. The van der Waals surface area contributed by atoms with Gasteiger partial charge in [-0.2, -0.15) is 13.2 Å². The van der Waals surface area contributed by atoms with Crippen molar-refractivity contribution >= 4 is 23.8 Å². The minimum atomic E-state index is -4.45. The lowest BCUT2D eigenvalue weighted by Crippen LogP contribution is -2.33. The Labute approximate surface area is 141 Å². The van der Waals surface area contributed by atoms with Gasteiger partial charge in [0, 0.05) is 12.1 Å². The second kappa shape index (κ2) is 6.46. The number of rotatable bonds is 3. The van der Waals surface area contributed by atoms with Crippen LogP contribution in [-0.2, 0) is 17.4 Å². The van der Waals surface area contributed by atoms with E-state index in [-0.39, 0.29) is 5.69 Å². The van der Waals surface area contributed by atoms with Crippen LogP contribution in [0.4, 0.5) is 29.3 Å². The van der Waals surface area contributed by atoms with Crippen LogP contribution in [0.2, 0.25) is 0 Å². The third-order valence-electron chi connectivity index (χ3n) is 3.74. The van der Waals surface area contributed by atoms with E-state index in [1.807, 2.05) is 0 Å². The number of fused-ring (bicyclic) bond motifs is 1. The molecule has 0 saturated heterocycles. The van der Waals surface area contributed by atoms with Crippen LogP contribution in [0.15, 0.2) is 42.5 Å². The molecule has 0 spiro atoms. The van der Waals surface area contributed by atoms with Crippen LogP contribution in [0.1, 0.15) is 11.1 Å². The summed E-state index contributed by atoms with van der Waals surface area (Å²) < 4.78 is 43.0. The van der Waals surface area contributed by atoms with E-state index in [9.17, 15) is 22.8 Å². The predicted molar refractivity (Wildman–Crippen MR) is 84.6 cm³/mol. The summed E-state index contributed by atoms with van der Waals surface area (Å²) in [6.45, 7) is 0.539. The molecule has 2 aromatic carbocycles. The normalized spacial score (nSPS) is 12.9. The summed E-state index contributed by atoms with van der Waals surface area (Å²) in [5.74, 6) is 0.706. The maximum Gasteiger partial charge on any atom is 0.416 e. The van der Waals surface area contributed by atoms with E-state index in [4.69, 9.17) is 4.74 Å². The van der Waals surface area contributed by atoms with Gasteiger partial charge in [0.15, 0.2) is 0 Å². The lowest BCUT2D eigenvalue weighted by atomic mass is 10.1. The summed E-state index contributed by atoms with van der Waals surface area (Å²) in [6.07, 6.45) is -3.43. The van der Waals surface area contributed by atoms with Crippen molar-refractivity contribution < 1.29 is 27.5 Å². The van der Waals surface area contributed by atoms with Gasteiger partial charge in [0.2, 0.25) is 6.41 Å². The van der Waals surface area contributed by atoms with E-state index in [1.165, 1.54) is 0 Å². The molecule has 3 rings (SSSR count). The van der Waals surface area contributed by atoms with E-state index < -0.39 is 17.8 Å². The monoisotopic (exact) mass is 350 g/mol. The first-order valence-corrected chi connectivity index (χ1v) is 7.37. The number of benzene rings is 2. The Bertz CT molecular complexity index is 804. The maximum absolute atomic E-state index is 12.5. The number of imide groups is 1. The zero-order valence-electron chi connectivity index (χ0n) is 12.8. The van der Waals surface area contributed by atoms with E-state index in [1.54, 1.807) is 18.2 Å². The number of nitrogens with one attached hydrogen (secondary N) is 1. The number of carbonyl (C=O) groups is 2. The average Bonchev–Trinajstić information content (AvgIpc) is 3.03. The number of hydrogen-bond donors (Lipinski definition) is 1. The van der Waals surface area contributed by atoms with Crippen molar-refractivity contribution in [2.45, 2.75) is 12.6 Å². The Morgan fingerprint density at radius 1 is 1.16 bits per heavy atom. The largest absolute Gasteiger partial charge is 0.493 e. The van der Waals surface area contributed by atoms with Crippen LogP contribution in [-0.4, -0.2) is 19.0 Å². The van der Waals surface area contributed by atoms with Crippen LogP contribution in [0.5, 0.6) is 5.75 Å². The summed E-state index contributed by atoms with van der Waals surface area (Å²) in [6, 6.07) is 8.09. The molecule has 3 amide bonds. The van der Waals surface area contributed by atoms with Crippen molar-refractivity contribution in [3.63, 3.8) is 0 Å². The second-order valence-electron chi connectivity index (χ2n) is 5.37. The standard InChI is InChI=1S/C17H13F3N2O3/c18-17(19,20)12-1-3-13(4-2-12)21-16(24)22(10-23)14-5-6-15-11(9-14)7-8-25-15/h1-6,9-10H,7-8H2,(H,21,24). The first kappa shape index (κ1) is 16.8. The number of halogens is 3. The Hall–Kier alpha value is -3.03. The minimum absolute atomic E-state index is 0.148. The molecule has 0 unspecified atom stereocenters. The van der Waals surface area contributed by atoms with E-state index in [0.717, 1.165) is 34.7 Å². The molecule has 1 N–H and O–H groups in total. The number of carbonyl (C=O) groups excluding carboxylic acids is 2. The molecule has 25 heavy (non-hydrogen) atoms. The number of urea groups is 1. The number of alkyl halides is 3. The third kappa shape index (κ3) is 3.57. The van der Waals surface area contributed by atoms with Gasteiger partial charge in [0.1, 0.15) is 5.75 Å². The lowest BCUT2D eigenvalue weighted by Gasteiger charge is -2.17. The number of anilines is 2. The fraction of sp³-hybridized carbons (Fsp3) is 0.176. The van der Waals surface area contributed by atoms with Crippen molar-refractivity contribution in [3.8, 4) is 5.75 Å². The summed E-state index contributed by atoms with van der Waals surface area (Å²) in [7, 11) is 0. The van der Waals surface area contributed by atoms with Crippen LogP contribution >= 0.6 is 0 Å². The van der Waals surface area contributed by atoms with Gasteiger partial charge in [-0.15, -0.1) is 0 Å². The fourth-order valence-corrected chi connectivity index (χ4v) is 2.48. The molecule has 5 nitrogen and oxygen atoms in total. The Morgan fingerprint density at radius 2 is 1.88 bits per heavy atom. The Kier molecular flexibility index (Phi) is 4.35. The molecule has 8 heteroatoms. The van der Waals surface area contributed by atoms with Crippen LogP contribution in [0.3, 0.4) is 0 Å². The predicted octanol–water partition coefficient (Wildman–Crippen LogP) is 3.84. The molecule has 0 radical (unpaired) electrons. The highest BCUT2D eigenvalue weighted by molar-refractivity contribution is 6.12. The molecule has 1 heterocycles. The quantitative estimate of drug-likeness (QED) is 0.856. The van der Waals surface area contributed by atoms with Crippen LogP contribution < -0.4 is 15.0 Å². The van der Waals surface area contributed by atoms with Crippen molar-refractivity contribution in [3.05, 3.63) is 53.6 Å². The van der Waals surface area contributed by atoms with Crippen molar-refractivity contribution in [2.24, 2.45) is 0 Å². The molecule has 0 saturated carbocycles. The van der Waals surface area contributed by atoms with Gasteiger partial charge < -0.3 is 10.1 Å². The maximum atomic E-state index is 12.5. The first-order valence-electron chi connectivity index (χ1n) is 7.37. The Morgan fingerprint density at radius 3 is 2.52 bits per heavy atom. The fourth-order valence-electron chi connectivity index (χ4n) is 2.48. The first-order chi connectivity index (χ1) is 11.9. The van der Waals surface area contributed by atoms with Crippen molar-refractivity contribution in [1.82, 2.24) is 0 Å². The second-order valence-corrected chi connectivity index (χ2v) is 5.37. The molecular weight excluding hydrogens is 337 g/mol. The van der Waals surface area contributed by atoms with E-state index >= 15 is 0 Å². The lowest BCUT2D eigenvalue weighted by molar-refractivity contribution is -0.137. The van der Waals surface area contributed by atoms with Gasteiger partial charge >= 0.3 is 12.2 Å². The van der Waals surface area contributed by atoms with Crippen LogP contribution in [0.25, 0.3) is 0 Å². The number of amides is 3. The summed E-state index contributed by atoms with van der Waals surface area (Å²) in [5.41, 5.74) is 0.557. The van der Waals surface area contributed by atoms with E-state index in [0.29, 0.717) is 30.9 Å². The highest BCUT2D eigenvalue weighted by Gasteiger charge is 2.30. The molecule has 130 valence electrons. The van der Waals surface area contributed by atoms with Gasteiger partial charge in [0.25, 0.3) is 0 Å². The van der Waals surface area contributed by atoms with Gasteiger partial charge in [-0.05, 0) is 48.0 Å². The topological polar surface area (TPSA) is 58.6 Å². The van der Waals surface area contributed by atoms with Crippen molar-refractivity contribution in [1.29, 1.82) is 0 Å². The summed E-state index contributed by atoms with van der Waals surface area (Å²) >= 11 is 0. The molecule has 2 aromatic rings. The summed E-state index contributed by atoms with van der Waals surface area (Å²) in [5, 5.41) is 2.39. The van der Waals surface area contributed by atoms with Gasteiger partial charge in [0.05, 0.1) is 17.9 Å². The highest BCUT2D eigenvalue weighted by Crippen LogP contribution is 2.31. The molecule has 1 aliphatic heterocycles. The van der Waals surface area contributed by atoms with Crippen LogP contribution in [0, 0.1) is 0 Å². The van der Waals surface area contributed by atoms with E-state index in [2.05, 4.69) is 5.32 Å². The molecule has 0 fully saturated rings. The Balaban J connectivity index is 1.75. The summed E-state index contributed by atoms with van der Waals surface area (Å²) in [4.78, 5) is 24.4. The molecule has 0 atom stereocenters.